The minimum absolute atomic E-state index is 0.220. The molecule has 5 heteroatoms. The van der Waals surface area contributed by atoms with Crippen molar-refractivity contribution >= 4 is 11.9 Å². The molecule has 0 aliphatic carbocycles. The summed E-state index contributed by atoms with van der Waals surface area (Å²) in [7, 11) is 1.50. The van der Waals surface area contributed by atoms with Crippen LogP contribution in [0.4, 0.5) is 0 Å². The monoisotopic (exact) mass is 321 g/mol. The molecule has 1 rings (SSSR count). The molecule has 128 valence electrons. The van der Waals surface area contributed by atoms with Crippen molar-refractivity contribution in [2.75, 3.05) is 13.7 Å². The van der Waals surface area contributed by atoms with Crippen molar-refractivity contribution in [3.05, 3.63) is 34.4 Å². The van der Waals surface area contributed by atoms with Crippen molar-refractivity contribution in [1.29, 1.82) is 0 Å². The lowest BCUT2D eigenvalue weighted by molar-refractivity contribution is -0.151. The summed E-state index contributed by atoms with van der Waals surface area (Å²) in [6.07, 6.45) is -0.234. The van der Waals surface area contributed by atoms with Gasteiger partial charge in [-0.1, -0.05) is 17.7 Å². The summed E-state index contributed by atoms with van der Waals surface area (Å²) < 4.78 is 10.2. The van der Waals surface area contributed by atoms with Crippen LogP contribution in [-0.4, -0.2) is 37.7 Å². The van der Waals surface area contributed by atoms with Gasteiger partial charge < -0.3 is 14.8 Å². The van der Waals surface area contributed by atoms with Gasteiger partial charge in [-0.05, 0) is 51.3 Å². The summed E-state index contributed by atoms with van der Waals surface area (Å²) in [6.45, 7) is 9.72. The van der Waals surface area contributed by atoms with Gasteiger partial charge in [0.15, 0.2) is 6.04 Å². The lowest BCUT2D eigenvalue weighted by Gasteiger charge is -2.22. The summed E-state index contributed by atoms with van der Waals surface area (Å²) in [5.74, 6) is -0.699. The maximum Gasteiger partial charge on any atom is 0.331 e. The molecule has 0 aliphatic heterocycles. The zero-order chi connectivity index (χ0) is 17.6. The van der Waals surface area contributed by atoms with Crippen LogP contribution >= 0.6 is 0 Å². The molecule has 0 saturated carbocycles. The molecule has 1 aromatic carbocycles. The Bertz CT molecular complexity index is 545. The Kier molecular flexibility index (Phi) is 7.23. The topological polar surface area (TPSA) is 64.6 Å². The third-order valence-corrected chi connectivity index (χ3v) is 3.88. The first-order valence-electron chi connectivity index (χ1n) is 7.85. The summed E-state index contributed by atoms with van der Waals surface area (Å²) >= 11 is 0. The molecule has 0 unspecified atom stereocenters. The SMILES string of the molecule is CCOC(=O)[C@@H](NC(=O)Cc1c(C)cc(C)cc1C)[C@@H](C)OC. The number of benzene rings is 1. The standard InChI is InChI=1S/C18H27NO4/c1-7-23-18(21)17(14(5)22-6)19-16(20)10-15-12(3)8-11(2)9-13(15)4/h8-9,14,17H,7,10H2,1-6H3,(H,19,20)/t14-,17+/m1/s1. The number of methoxy groups -OCH3 is 1. The molecule has 0 aliphatic rings. The summed E-state index contributed by atoms with van der Waals surface area (Å²) in [5.41, 5.74) is 4.30. The molecular formula is C18H27NO4. The highest BCUT2D eigenvalue weighted by Gasteiger charge is 2.28. The Hall–Kier alpha value is -1.88. The first kappa shape index (κ1) is 19.2. The van der Waals surface area contributed by atoms with Gasteiger partial charge in [-0.25, -0.2) is 4.79 Å². The number of nitrogens with one attached hydrogen (secondary N) is 1. The van der Waals surface area contributed by atoms with Gasteiger partial charge in [0.05, 0.1) is 19.1 Å². The Morgan fingerprint density at radius 2 is 1.74 bits per heavy atom. The number of esters is 1. The van der Waals surface area contributed by atoms with E-state index < -0.39 is 18.1 Å². The average Bonchev–Trinajstić information content (AvgIpc) is 2.47. The molecule has 0 bridgehead atoms. The van der Waals surface area contributed by atoms with Crippen molar-refractivity contribution in [2.45, 2.75) is 53.2 Å². The Morgan fingerprint density at radius 1 is 1.17 bits per heavy atom. The van der Waals surface area contributed by atoms with Crippen molar-refractivity contribution in [1.82, 2.24) is 5.32 Å². The van der Waals surface area contributed by atoms with Gasteiger partial charge in [0.25, 0.3) is 0 Å². The number of carbonyl (C=O) groups excluding carboxylic acids is 2. The number of rotatable bonds is 7. The average molecular weight is 321 g/mol. The maximum absolute atomic E-state index is 12.4. The lowest BCUT2D eigenvalue weighted by atomic mass is 9.97. The first-order chi connectivity index (χ1) is 10.8. The van der Waals surface area contributed by atoms with Crippen molar-refractivity contribution in [2.24, 2.45) is 0 Å². The van der Waals surface area contributed by atoms with Crippen molar-refractivity contribution < 1.29 is 19.1 Å². The highest BCUT2D eigenvalue weighted by Crippen LogP contribution is 2.17. The third-order valence-electron chi connectivity index (χ3n) is 3.88. The maximum atomic E-state index is 12.4. The molecular weight excluding hydrogens is 294 g/mol. The molecule has 5 nitrogen and oxygen atoms in total. The van der Waals surface area contributed by atoms with E-state index >= 15 is 0 Å². The minimum Gasteiger partial charge on any atom is -0.464 e. The molecule has 23 heavy (non-hydrogen) atoms. The van der Waals surface area contributed by atoms with Crippen LogP contribution in [0.5, 0.6) is 0 Å². The zero-order valence-electron chi connectivity index (χ0n) is 14.9. The predicted octanol–water partition coefficient (Wildman–Crippen LogP) is 2.24. The molecule has 0 aromatic heterocycles. The fourth-order valence-electron chi connectivity index (χ4n) is 2.61. The van der Waals surface area contributed by atoms with Gasteiger partial charge in [0.1, 0.15) is 0 Å². The van der Waals surface area contributed by atoms with E-state index in [2.05, 4.69) is 17.4 Å². The van der Waals surface area contributed by atoms with Gasteiger partial charge >= 0.3 is 5.97 Å². The molecule has 1 N–H and O–H groups in total. The van der Waals surface area contributed by atoms with E-state index in [4.69, 9.17) is 9.47 Å². The second-order valence-electron chi connectivity index (χ2n) is 5.79. The number of hydrogen-bond donors (Lipinski definition) is 1. The fourth-order valence-corrected chi connectivity index (χ4v) is 2.61. The zero-order valence-corrected chi connectivity index (χ0v) is 14.9. The highest BCUT2D eigenvalue weighted by atomic mass is 16.5. The largest absolute Gasteiger partial charge is 0.464 e. The van der Waals surface area contributed by atoms with E-state index in [1.807, 2.05) is 20.8 Å². The summed E-state index contributed by atoms with van der Waals surface area (Å²) in [4.78, 5) is 24.4. The Labute approximate surface area is 138 Å². The van der Waals surface area contributed by atoms with E-state index in [0.29, 0.717) is 0 Å². The van der Waals surface area contributed by atoms with E-state index in [1.165, 1.54) is 12.7 Å². The predicted molar refractivity (Wildman–Crippen MR) is 89.4 cm³/mol. The molecule has 2 atom stereocenters. The van der Waals surface area contributed by atoms with Crippen LogP contribution < -0.4 is 5.32 Å². The second kappa shape index (κ2) is 8.67. The molecule has 0 spiro atoms. The van der Waals surface area contributed by atoms with Crippen molar-refractivity contribution in [3.63, 3.8) is 0 Å². The van der Waals surface area contributed by atoms with Crippen LogP contribution in [0.1, 0.15) is 36.1 Å². The van der Waals surface area contributed by atoms with Crippen molar-refractivity contribution in [3.8, 4) is 0 Å². The highest BCUT2D eigenvalue weighted by molar-refractivity contribution is 5.86. The molecule has 0 saturated heterocycles. The number of hydrogen-bond acceptors (Lipinski definition) is 4. The van der Waals surface area contributed by atoms with Crippen LogP contribution in [0.15, 0.2) is 12.1 Å². The van der Waals surface area contributed by atoms with E-state index in [-0.39, 0.29) is 18.9 Å². The Morgan fingerprint density at radius 3 is 2.22 bits per heavy atom. The van der Waals surface area contributed by atoms with Gasteiger partial charge in [-0.2, -0.15) is 0 Å². The fraction of sp³-hybridized carbons (Fsp3) is 0.556. The van der Waals surface area contributed by atoms with Crippen LogP contribution in [0.25, 0.3) is 0 Å². The van der Waals surface area contributed by atoms with Crippen LogP contribution in [-0.2, 0) is 25.5 Å². The lowest BCUT2D eigenvalue weighted by Crippen LogP contribution is -2.49. The van der Waals surface area contributed by atoms with Crippen LogP contribution in [0.2, 0.25) is 0 Å². The smallest absolute Gasteiger partial charge is 0.331 e. The number of amides is 1. The van der Waals surface area contributed by atoms with E-state index in [9.17, 15) is 9.59 Å². The minimum atomic E-state index is -0.807. The van der Waals surface area contributed by atoms with E-state index in [1.54, 1.807) is 13.8 Å². The number of ether oxygens (including phenoxy) is 2. The number of aryl methyl sites for hydroxylation is 3. The van der Waals surface area contributed by atoms with Gasteiger partial charge in [0, 0.05) is 7.11 Å². The number of carbonyl (C=O) groups is 2. The van der Waals surface area contributed by atoms with Gasteiger partial charge in [-0.15, -0.1) is 0 Å². The molecule has 1 aromatic rings. The quantitative estimate of drug-likeness (QED) is 0.782. The second-order valence-corrected chi connectivity index (χ2v) is 5.79. The molecule has 0 heterocycles. The van der Waals surface area contributed by atoms with Gasteiger partial charge in [0.2, 0.25) is 5.91 Å². The molecule has 0 radical (unpaired) electrons. The first-order valence-corrected chi connectivity index (χ1v) is 7.85. The van der Waals surface area contributed by atoms with E-state index in [0.717, 1.165) is 16.7 Å². The van der Waals surface area contributed by atoms with Gasteiger partial charge in [-0.3, -0.25) is 4.79 Å². The Balaban J connectivity index is 2.86. The molecule has 0 fully saturated rings. The normalized spacial score (nSPS) is 13.3. The molecule has 1 amide bonds. The van der Waals surface area contributed by atoms with Crippen LogP contribution in [0, 0.1) is 20.8 Å². The third kappa shape index (κ3) is 5.36. The summed E-state index contributed by atoms with van der Waals surface area (Å²) in [6, 6.07) is 3.30. The summed E-state index contributed by atoms with van der Waals surface area (Å²) in [5, 5.41) is 2.73. The van der Waals surface area contributed by atoms with Crippen LogP contribution in [0.3, 0.4) is 0 Å².